The lowest BCUT2D eigenvalue weighted by Gasteiger charge is -2.19. The maximum absolute atomic E-state index is 12.2. The molecule has 1 aromatic rings. The average Bonchev–Trinajstić information content (AvgIpc) is 2.34. The molecule has 110 valence electrons. The first-order valence-corrected chi connectivity index (χ1v) is 5.23. The van der Waals surface area contributed by atoms with Crippen molar-refractivity contribution in [3.63, 3.8) is 0 Å². The summed E-state index contributed by atoms with van der Waals surface area (Å²) in [5.41, 5.74) is 1.26. The molecule has 0 aliphatic heterocycles. The minimum Gasteiger partial charge on any atom is -0.332 e. The van der Waals surface area contributed by atoms with Gasteiger partial charge in [-0.05, 0) is 12.1 Å². The van der Waals surface area contributed by atoms with Crippen LogP contribution in [0.5, 0.6) is 0 Å². The third-order valence-corrected chi connectivity index (χ3v) is 2.35. The first kappa shape index (κ1) is 15.7. The van der Waals surface area contributed by atoms with Crippen molar-refractivity contribution in [1.29, 1.82) is 0 Å². The van der Waals surface area contributed by atoms with Crippen molar-refractivity contribution in [2.45, 2.75) is 6.18 Å². The standard InChI is InChI=1S/C10H11F3N4O3/c1-16(5-10(11,12)13)9(18)7-4-6(15-14)2-3-8(7)17(19)20/h2-4,15H,5,14H2,1H3. The van der Waals surface area contributed by atoms with Crippen molar-refractivity contribution in [2.75, 3.05) is 19.0 Å². The molecule has 0 heterocycles. The highest BCUT2D eigenvalue weighted by atomic mass is 19.4. The van der Waals surface area contributed by atoms with Gasteiger partial charge < -0.3 is 10.3 Å². The van der Waals surface area contributed by atoms with Gasteiger partial charge in [-0.15, -0.1) is 0 Å². The van der Waals surface area contributed by atoms with Crippen LogP contribution in [0.1, 0.15) is 10.4 Å². The van der Waals surface area contributed by atoms with Crippen LogP contribution in [-0.4, -0.2) is 35.5 Å². The zero-order chi connectivity index (χ0) is 15.5. The Hall–Kier alpha value is -2.36. The molecule has 0 aliphatic rings. The number of hydrazine groups is 1. The predicted molar refractivity (Wildman–Crippen MR) is 63.9 cm³/mol. The molecule has 3 N–H and O–H groups in total. The summed E-state index contributed by atoms with van der Waals surface area (Å²) >= 11 is 0. The molecule has 0 radical (unpaired) electrons. The topological polar surface area (TPSA) is 102 Å². The zero-order valence-electron chi connectivity index (χ0n) is 10.3. The lowest BCUT2D eigenvalue weighted by molar-refractivity contribution is -0.385. The van der Waals surface area contributed by atoms with E-state index in [1.807, 2.05) is 0 Å². The van der Waals surface area contributed by atoms with E-state index in [1.165, 1.54) is 6.07 Å². The van der Waals surface area contributed by atoms with Gasteiger partial charge in [0.05, 0.1) is 4.92 Å². The number of hydrogen-bond acceptors (Lipinski definition) is 5. The van der Waals surface area contributed by atoms with Crippen molar-refractivity contribution in [1.82, 2.24) is 4.90 Å². The van der Waals surface area contributed by atoms with Gasteiger partial charge in [-0.1, -0.05) is 0 Å². The number of alkyl halides is 3. The fraction of sp³-hybridized carbons (Fsp3) is 0.300. The summed E-state index contributed by atoms with van der Waals surface area (Å²) in [5, 5.41) is 10.8. The molecule has 0 atom stereocenters. The molecule has 1 amide bonds. The molecule has 20 heavy (non-hydrogen) atoms. The van der Waals surface area contributed by atoms with Crippen molar-refractivity contribution in [2.24, 2.45) is 5.84 Å². The first-order chi connectivity index (χ1) is 9.15. The van der Waals surface area contributed by atoms with E-state index in [0.29, 0.717) is 4.90 Å². The third kappa shape index (κ3) is 3.82. The number of carbonyl (C=O) groups is 1. The quantitative estimate of drug-likeness (QED) is 0.497. The van der Waals surface area contributed by atoms with Gasteiger partial charge in [-0.2, -0.15) is 13.2 Å². The number of halogens is 3. The number of amides is 1. The Kier molecular flexibility index (Phi) is 4.50. The second kappa shape index (κ2) is 5.74. The number of nitrogens with two attached hydrogens (primary N) is 1. The van der Waals surface area contributed by atoms with Gasteiger partial charge in [0.25, 0.3) is 11.6 Å². The van der Waals surface area contributed by atoms with Gasteiger partial charge in [0.15, 0.2) is 0 Å². The number of nitro groups is 1. The van der Waals surface area contributed by atoms with E-state index in [2.05, 4.69) is 5.43 Å². The summed E-state index contributed by atoms with van der Waals surface area (Å²) in [6.07, 6.45) is -4.59. The molecule has 0 saturated heterocycles. The highest BCUT2D eigenvalue weighted by Crippen LogP contribution is 2.25. The molecule has 0 saturated carbocycles. The van der Waals surface area contributed by atoms with Crippen LogP contribution in [0.15, 0.2) is 18.2 Å². The molecular formula is C10H11F3N4O3. The van der Waals surface area contributed by atoms with E-state index < -0.39 is 34.8 Å². The largest absolute Gasteiger partial charge is 0.406 e. The zero-order valence-corrected chi connectivity index (χ0v) is 10.3. The summed E-state index contributed by atoms with van der Waals surface area (Å²) in [6.45, 7) is -1.51. The van der Waals surface area contributed by atoms with E-state index in [1.54, 1.807) is 0 Å². The van der Waals surface area contributed by atoms with E-state index in [4.69, 9.17) is 5.84 Å². The lowest BCUT2D eigenvalue weighted by Crippen LogP contribution is -2.36. The van der Waals surface area contributed by atoms with Gasteiger partial charge >= 0.3 is 6.18 Å². The number of nitro benzene ring substituents is 1. The first-order valence-electron chi connectivity index (χ1n) is 5.23. The minimum atomic E-state index is -4.59. The van der Waals surface area contributed by atoms with Crippen molar-refractivity contribution >= 4 is 17.3 Å². The lowest BCUT2D eigenvalue weighted by atomic mass is 10.1. The maximum atomic E-state index is 12.2. The number of nitrogen functional groups attached to an aromatic ring is 1. The number of nitrogens with one attached hydrogen (secondary N) is 1. The number of anilines is 1. The number of hydrogen-bond donors (Lipinski definition) is 2. The molecule has 0 bridgehead atoms. The predicted octanol–water partition coefficient (Wildman–Crippen LogP) is 1.51. The molecule has 1 aromatic carbocycles. The highest BCUT2D eigenvalue weighted by molar-refractivity contribution is 5.99. The molecule has 0 unspecified atom stereocenters. The average molecular weight is 292 g/mol. The van der Waals surface area contributed by atoms with E-state index >= 15 is 0 Å². The van der Waals surface area contributed by atoms with Crippen LogP contribution in [0, 0.1) is 10.1 Å². The van der Waals surface area contributed by atoms with Crippen molar-refractivity contribution in [3.8, 4) is 0 Å². The van der Waals surface area contributed by atoms with Gasteiger partial charge in [0, 0.05) is 18.8 Å². The van der Waals surface area contributed by atoms with Gasteiger partial charge in [-0.25, -0.2) is 0 Å². The minimum absolute atomic E-state index is 0.166. The highest BCUT2D eigenvalue weighted by Gasteiger charge is 2.33. The van der Waals surface area contributed by atoms with Crippen LogP contribution in [0.2, 0.25) is 0 Å². The number of nitrogens with zero attached hydrogens (tertiary/aromatic N) is 2. The van der Waals surface area contributed by atoms with Crippen LogP contribution < -0.4 is 11.3 Å². The summed E-state index contributed by atoms with van der Waals surface area (Å²) in [7, 11) is 0.905. The number of rotatable bonds is 4. The smallest absolute Gasteiger partial charge is 0.332 e. The van der Waals surface area contributed by atoms with Crippen molar-refractivity contribution in [3.05, 3.63) is 33.9 Å². The van der Waals surface area contributed by atoms with Crippen LogP contribution >= 0.6 is 0 Å². The molecule has 0 spiro atoms. The van der Waals surface area contributed by atoms with Crippen LogP contribution in [0.3, 0.4) is 0 Å². The third-order valence-electron chi connectivity index (χ3n) is 2.35. The fourth-order valence-electron chi connectivity index (χ4n) is 1.50. The summed E-state index contributed by atoms with van der Waals surface area (Å²) in [5.74, 6) is 3.98. The summed E-state index contributed by atoms with van der Waals surface area (Å²) in [4.78, 5) is 22.2. The number of carbonyl (C=O) groups excluding carboxylic acids is 1. The van der Waals surface area contributed by atoms with Crippen LogP contribution in [0.4, 0.5) is 24.5 Å². The van der Waals surface area contributed by atoms with Crippen LogP contribution in [-0.2, 0) is 0 Å². The molecule has 0 aliphatic carbocycles. The summed E-state index contributed by atoms with van der Waals surface area (Å²) in [6, 6.07) is 3.25. The molecular weight excluding hydrogens is 281 g/mol. The number of benzene rings is 1. The Bertz CT molecular complexity index is 533. The Balaban J connectivity index is 3.16. The SMILES string of the molecule is CN(CC(F)(F)F)C(=O)c1cc(NN)ccc1[N+](=O)[O-]. The van der Waals surface area contributed by atoms with E-state index in [0.717, 1.165) is 19.2 Å². The van der Waals surface area contributed by atoms with Crippen LogP contribution in [0.25, 0.3) is 0 Å². The molecule has 1 rings (SSSR count). The normalized spacial score (nSPS) is 11.1. The fourth-order valence-corrected chi connectivity index (χ4v) is 1.50. The molecule has 7 nitrogen and oxygen atoms in total. The van der Waals surface area contributed by atoms with Gasteiger partial charge in [0.2, 0.25) is 0 Å². The monoisotopic (exact) mass is 292 g/mol. The molecule has 0 aromatic heterocycles. The Morgan fingerprint density at radius 3 is 2.55 bits per heavy atom. The van der Waals surface area contributed by atoms with Gasteiger partial charge in [-0.3, -0.25) is 20.8 Å². The molecule has 0 fully saturated rings. The van der Waals surface area contributed by atoms with Crippen molar-refractivity contribution < 1.29 is 22.9 Å². The van der Waals surface area contributed by atoms with E-state index in [-0.39, 0.29) is 5.69 Å². The molecule has 10 heteroatoms. The Morgan fingerprint density at radius 1 is 1.50 bits per heavy atom. The summed E-state index contributed by atoms with van der Waals surface area (Å²) < 4.78 is 36.7. The Labute approximate surface area is 111 Å². The Morgan fingerprint density at radius 2 is 2.10 bits per heavy atom. The second-order valence-corrected chi connectivity index (χ2v) is 3.91. The second-order valence-electron chi connectivity index (χ2n) is 3.91. The maximum Gasteiger partial charge on any atom is 0.406 e. The van der Waals surface area contributed by atoms with Gasteiger partial charge in [0.1, 0.15) is 12.1 Å². The van der Waals surface area contributed by atoms with E-state index in [9.17, 15) is 28.1 Å².